The molecule has 0 spiro atoms. The van der Waals surface area contributed by atoms with Crippen molar-refractivity contribution in [3.8, 4) is 0 Å². The smallest absolute Gasteiger partial charge is 0.360 e. The minimum absolute atomic E-state index is 0.191. The van der Waals surface area contributed by atoms with Gasteiger partial charge in [-0.05, 0) is 39.9 Å². The number of nitrogens with one attached hydrogen (secondary N) is 1. The zero-order chi connectivity index (χ0) is 13.7. The summed E-state index contributed by atoms with van der Waals surface area (Å²) < 4.78 is 6.06. The van der Waals surface area contributed by atoms with E-state index in [0.717, 1.165) is 16.5 Å². The SMILES string of the molecule is CC(CCOC(=O)c1cn[nH]n1)c1cncc(Br)c1. The van der Waals surface area contributed by atoms with Crippen molar-refractivity contribution in [2.45, 2.75) is 19.3 Å². The predicted molar refractivity (Wildman–Crippen MR) is 71.6 cm³/mol. The maximum atomic E-state index is 11.5. The molecule has 1 unspecified atom stereocenters. The number of ether oxygens (including phenoxy) is 1. The molecule has 0 aliphatic carbocycles. The maximum Gasteiger partial charge on any atom is 0.360 e. The van der Waals surface area contributed by atoms with E-state index in [1.165, 1.54) is 6.20 Å². The molecule has 2 aromatic rings. The molecule has 2 heterocycles. The number of halogens is 1. The van der Waals surface area contributed by atoms with Gasteiger partial charge in [-0.15, -0.1) is 5.10 Å². The Balaban J connectivity index is 1.81. The van der Waals surface area contributed by atoms with Gasteiger partial charge >= 0.3 is 5.97 Å². The highest BCUT2D eigenvalue weighted by Gasteiger charge is 2.12. The molecule has 0 bridgehead atoms. The maximum absolute atomic E-state index is 11.5. The summed E-state index contributed by atoms with van der Waals surface area (Å²) in [6, 6.07) is 2.01. The number of esters is 1. The number of aromatic nitrogens is 4. The van der Waals surface area contributed by atoms with Gasteiger partial charge in [0, 0.05) is 16.9 Å². The van der Waals surface area contributed by atoms with Crippen molar-refractivity contribution in [3.63, 3.8) is 0 Å². The van der Waals surface area contributed by atoms with Crippen molar-refractivity contribution < 1.29 is 9.53 Å². The molecule has 0 saturated heterocycles. The van der Waals surface area contributed by atoms with Crippen LogP contribution in [0.25, 0.3) is 0 Å². The van der Waals surface area contributed by atoms with Gasteiger partial charge in [0.15, 0.2) is 5.69 Å². The molecule has 0 saturated carbocycles. The van der Waals surface area contributed by atoms with Gasteiger partial charge in [0.1, 0.15) is 0 Å². The van der Waals surface area contributed by atoms with Crippen LogP contribution in [0.15, 0.2) is 29.1 Å². The summed E-state index contributed by atoms with van der Waals surface area (Å²) in [5.74, 6) is -0.205. The van der Waals surface area contributed by atoms with Gasteiger partial charge in [-0.25, -0.2) is 4.79 Å². The van der Waals surface area contributed by atoms with Crippen molar-refractivity contribution in [2.75, 3.05) is 6.61 Å². The Morgan fingerprint density at radius 3 is 3.00 bits per heavy atom. The number of carbonyl (C=O) groups excluding carboxylic acids is 1. The molecule has 2 rings (SSSR count). The van der Waals surface area contributed by atoms with Gasteiger partial charge in [-0.3, -0.25) is 4.98 Å². The highest BCUT2D eigenvalue weighted by molar-refractivity contribution is 9.10. The van der Waals surface area contributed by atoms with E-state index >= 15 is 0 Å². The first-order chi connectivity index (χ1) is 9.16. The monoisotopic (exact) mass is 324 g/mol. The molecule has 1 N–H and O–H groups in total. The van der Waals surface area contributed by atoms with Crippen molar-refractivity contribution in [3.05, 3.63) is 40.4 Å². The van der Waals surface area contributed by atoms with Crippen LogP contribution in [0.3, 0.4) is 0 Å². The summed E-state index contributed by atoms with van der Waals surface area (Å²) in [7, 11) is 0. The molecule has 0 fully saturated rings. The van der Waals surface area contributed by atoms with E-state index in [0.29, 0.717) is 6.61 Å². The quantitative estimate of drug-likeness (QED) is 0.853. The molecule has 2 aromatic heterocycles. The third-order valence-corrected chi connectivity index (χ3v) is 3.14. The lowest BCUT2D eigenvalue weighted by molar-refractivity contribution is 0.0487. The summed E-state index contributed by atoms with van der Waals surface area (Å²) in [4.78, 5) is 15.6. The van der Waals surface area contributed by atoms with Crippen molar-refractivity contribution in [1.82, 2.24) is 20.4 Å². The van der Waals surface area contributed by atoms with Gasteiger partial charge in [0.05, 0.1) is 12.8 Å². The first-order valence-corrected chi connectivity index (χ1v) is 6.59. The minimum Gasteiger partial charge on any atom is -0.461 e. The first-order valence-electron chi connectivity index (χ1n) is 5.80. The molecule has 0 aromatic carbocycles. The Labute approximate surface area is 118 Å². The summed E-state index contributed by atoms with van der Waals surface area (Å²) in [5, 5.41) is 9.58. The van der Waals surface area contributed by atoms with Gasteiger partial charge in [0.25, 0.3) is 0 Å². The Morgan fingerprint density at radius 2 is 2.32 bits per heavy atom. The highest BCUT2D eigenvalue weighted by atomic mass is 79.9. The second-order valence-corrected chi connectivity index (χ2v) is 5.03. The molecule has 0 radical (unpaired) electrons. The molecule has 0 amide bonds. The molecule has 1 atom stereocenters. The lowest BCUT2D eigenvalue weighted by Gasteiger charge is -2.11. The van der Waals surface area contributed by atoms with E-state index in [2.05, 4.69) is 43.2 Å². The number of hydrogen-bond donors (Lipinski definition) is 1. The minimum atomic E-state index is -0.465. The van der Waals surface area contributed by atoms with Crippen molar-refractivity contribution in [2.24, 2.45) is 0 Å². The number of hydrogen-bond acceptors (Lipinski definition) is 5. The van der Waals surface area contributed by atoms with Gasteiger partial charge < -0.3 is 4.74 Å². The lowest BCUT2D eigenvalue weighted by atomic mass is 10.0. The van der Waals surface area contributed by atoms with Crippen molar-refractivity contribution >= 4 is 21.9 Å². The van der Waals surface area contributed by atoms with Crippen LogP contribution in [-0.2, 0) is 4.74 Å². The normalized spacial score (nSPS) is 12.1. The molecule has 6 nitrogen and oxygen atoms in total. The zero-order valence-corrected chi connectivity index (χ0v) is 11.9. The number of aromatic amines is 1. The average molecular weight is 325 g/mol. The molecular weight excluding hydrogens is 312 g/mol. The second-order valence-electron chi connectivity index (χ2n) is 4.12. The van der Waals surface area contributed by atoms with Crippen LogP contribution in [0.4, 0.5) is 0 Å². The predicted octanol–water partition coefficient (Wildman–Crippen LogP) is 2.31. The van der Waals surface area contributed by atoms with Crippen LogP contribution in [0.1, 0.15) is 35.3 Å². The molecular formula is C12H13BrN4O2. The molecule has 0 aliphatic rings. The summed E-state index contributed by atoms with van der Waals surface area (Å²) in [6.45, 7) is 2.40. The Bertz CT molecular complexity index is 544. The first kappa shape index (κ1) is 13.7. The molecule has 19 heavy (non-hydrogen) atoms. The van der Waals surface area contributed by atoms with Crippen LogP contribution in [0, 0.1) is 0 Å². The van der Waals surface area contributed by atoms with Crippen molar-refractivity contribution in [1.29, 1.82) is 0 Å². The summed E-state index contributed by atoms with van der Waals surface area (Å²) >= 11 is 3.38. The van der Waals surface area contributed by atoms with E-state index in [1.807, 2.05) is 12.3 Å². The zero-order valence-electron chi connectivity index (χ0n) is 10.3. The Morgan fingerprint density at radius 1 is 1.47 bits per heavy atom. The second kappa shape index (κ2) is 6.42. The van der Waals surface area contributed by atoms with E-state index in [4.69, 9.17) is 4.74 Å². The Kier molecular flexibility index (Phi) is 4.62. The van der Waals surface area contributed by atoms with Gasteiger partial charge in [-0.2, -0.15) is 10.3 Å². The van der Waals surface area contributed by atoms with Gasteiger partial charge in [-0.1, -0.05) is 6.92 Å². The fraction of sp³-hybridized carbons (Fsp3) is 0.333. The fourth-order valence-electron chi connectivity index (χ4n) is 1.57. The third kappa shape index (κ3) is 3.85. The number of carbonyl (C=O) groups is 1. The van der Waals surface area contributed by atoms with Crippen LogP contribution in [0.5, 0.6) is 0 Å². The van der Waals surface area contributed by atoms with E-state index in [1.54, 1.807) is 6.20 Å². The fourth-order valence-corrected chi connectivity index (χ4v) is 1.95. The van der Waals surface area contributed by atoms with E-state index < -0.39 is 5.97 Å². The molecule has 100 valence electrons. The number of H-pyrrole nitrogens is 1. The van der Waals surface area contributed by atoms with E-state index in [-0.39, 0.29) is 11.6 Å². The van der Waals surface area contributed by atoms with Crippen LogP contribution in [-0.4, -0.2) is 33.0 Å². The van der Waals surface area contributed by atoms with E-state index in [9.17, 15) is 4.79 Å². The summed E-state index contributed by atoms with van der Waals surface area (Å²) in [5.41, 5.74) is 1.30. The number of pyridine rings is 1. The number of rotatable bonds is 5. The molecule has 0 aliphatic heterocycles. The third-order valence-electron chi connectivity index (χ3n) is 2.70. The highest BCUT2D eigenvalue weighted by Crippen LogP contribution is 2.21. The lowest BCUT2D eigenvalue weighted by Crippen LogP contribution is -2.09. The largest absolute Gasteiger partial charge is 0.461 e. The van der Waals surface area contributed by atoms with Crippen LogP contribution in [0.2, 0.25) is 0 Å². The van der Waals surface area contributed by atoms with Crippen LogP contribution >= 0.6 is 15.9 Å². The van der Waals surface area contributed by atoms with Gasteiger partial charge in [0.2, 0.25) is 0 Å². The number of nitrogens with zero attached hydrogens (tertiary/aromatic N) is 3. The standard InChI is InChI=1S/C12H13BrN4O2/c1-8(9-4-10(13)6-14-5-9)2-3-19-12(18)11-7-15-17-16-11/h4-8H,2-3H2,1H3,(H,15,16,17). The summed E-state index contributed by atoms with van der Waals surface area (Å²) in [6.07, 6.45) is 5.61. The Hall–Kier alpha value is -1.76. The topological polar surface area (TPSA) is 80.8 Å². The average Bonchev–Trinajstić information content (AvgIpc) is 2.92. The molecule has 7 heteroatoms. The van der Waals surface area contributed by atoms with Crippen LogP contribution < -0.4 is 0 Å².